The fourth-order valence-corrected chi connectivity index (χ4v) is 2.37. The maximum absolute atomic E-state index is 12.0. The summed E-state index contributed by atoms with van der Waals surface area (Å²) in [6.07, 6.45) is 0. The number of anilines is 1. The lowest BCUT2D eigenvalue weighted by molar-refractivity contribution is -0.121. The van der Waals surface area contributed by atoms with Crippen LogP contribution in [0.2, 0.25) is 0 Å². The van der Waals surface area contributed by atoms with Crippen molar-refractivity contribution in [3.63, 3.8) is 0 Å². The monoisotopic (exact) mass is 296 g/mol. The van der Waals surface area contributed by atoms with Crippen LogP contribution in [0.15, 0.2) is 54.6 Å². The number of ether oxygens (including phenoxy) is 1. The Morgan fingerprint density at radius 2 is 1.82 bits per heavy atom. The molecule has 0 atom stereocenters. The Bertz CT molecular complexity index is 685. The largest absolute Gasteiger partial charge is 0.482 e. The second-order valence-electron chi connectivity index (χ2n) is 4.92. The number of nitrogens with zero attached hydrogens (tertiary/aromatic N) is 1. The molecule has 2 aromatic carbocycles. The average Bonchev–Trinajstić information content (AvgIpc) is 2.57. The highest BCUT2D eigenvalue weighted by Gasteiger charge is 2.24. The van der Waals surface area contributed by atoms with E-state index in [1.807, 2.05) is 42.5 Å². The average molecular weight is 296 g/mol. The van der Waals surface area contributed by atoms with E-state index in [1.54, 1.807) is 17.0 Å². The molecule has 2 amide bonds. The number of amides is 2. The van der Waals surface area contributed by atoms with Crippen molar-refractivity contribution in [2.45, 2.75) is 0 Å². The first-order valence-electron chi connectivity index (χ1n) is 7.11. The van der Waals surface area contributed by atoms with Crippen molar-refractivity contribution in [3.8, 4) is 5.75 Å². The van der Waals surface area contributed by atoms with Crippen molar-refractivity contribution in [2.75, 3.05) is 24.6 Å². The molecule has 0 saturated carbocycles. The molecule has 0 saturated heterocycles. The van der Waals surface area contributed by atoms with Crippen molar-refractivity contribution in [1.29, 1.82) is 0 Å². The summed E-state index contributed by atoms with van der Waals surface area (Å²) < 4.78 is 5.38. The molecule has 112 valence electrons. The summed E-state index contributed by atoms with van der Waals surface area (Å²) in [5, 5.41) is 2.82. The number of carbonyl (C=O) groups excluding carboxylic acids is 2. The van der Waals surface area contributed by atoms with Crippen LogP contribution in [0, 0.1) is 0 Å². The van der Waals surface area contributed by atoms with Crippen molar-refractivity contribution >= 4 is 17.5 Å². The Morgan fingerprint density at radius 1 is 1.09 bits per heavy atom. The third-order valence-electron chi connectivity index (χ3n) is 3.47. The molecule has 5 heteroatoms. The minimum atomic E-state index is -0.144. The van der Waals surface area contributed by atoms with Crippen LogP contribution < -0.4 is 15.0 Å². The van der Waals surface area contributed by atoms with Gasteiger partial charge in [-0.2, -0.15) is 0 Å². The van der Waals surface area contributed by atoms with Crippen LogP contribution in [0.1, 0.15) is 10.4 Å². The van der Waals surface area contributed by atoms with Crippen molar-refractivity contribution in [2.24, 2.45) is 0 Å². The highest BCUT2D eigenvalue weighted by atomic mass is 16.5. The molecule has 0 fully saturated rings. The van der Waals surface area contributed by atoms with Crippen LogP contribution in [-0.2, 0) is 4.79 Å². The van der Waals surface area contributed by atoms with Gasteiger partial charge in [0, 0.05) is 18.7 Å². The molecular weight excluding hydrogens is 280 g/mol. The molecule has 1 N–H and O–H groups in total. The van der Waals surface area contributed by atoms with E-state index >= 15 is 0 Å². The van der Waals surface area contributed by atoms with Crippen molar-refractivity contribution in [3.05, 3.63) is 60.2 Å². The molecule has 22 heavy (non-hydrogen) atoms. The second kappa shape index (κ2) is 6.30. The van der Waals surface area contributed by atoms with Crippen LogP contribution in [0.3, 0.4) is 0 Å². The van der Waals surface area contributed by atoms with Gasteiger partial charge < -0.3 is 15.0 Å². The standard InChI is InChI=1S/C17H16N2O3/c20-16-12-22-15-9-5-4-8-14(15)19(16)11-10-18-17(21)13-6-2-1-3-7-13/h1-9H,10-12H2,(H,18,21). The van der Waals surface area contributed by atoms with Gasteiger partial charge in [0.2, 0.25) is 0 Å². The highest BCUT2D eigenvalue weighted by Crippen LogP contribution is 2.30. The number of nitrogens with one attached hydrogen (secondary N) is 1. The van der Waals surface area contributed by atoms with Gasteiger partial charge in [-0.05, 0) is 24.3 Å². The predicted molar refractivity (Wildman–Crippen MR) is 83.1 cm³/mol. The number of fused-ring (bicyclic) bond motifs is 1. The first-order valence-corrected chi connectivity index (χ1v) is 7.11. The van der Waals surface area contributed by atoms with E-state index in [4.69, 9.17) is 4.74 Å². The number of hydrogen-bond acceptors (Lipinski definition) is 3. The lowest BCUT2D eigenvalue weighted by Gasteiger charge is -2.29. The van der Waals surface area contributed by atoms with E-state index < -0.39 is 0 Å². The molecule has 1 aliphatic heterocycles. The third-order valence-corrected chi connectivity index (χ3v) is 3.47. The SMILES string of the molecule is O=C(NCCN1C(=O)COc2ccccc21)c1ccccc1. The van der Waals surface area contributed by atoms with E-state index in [2.05, 4.69) is 5.32 Å². The topological polar surface area (TPSA) is 58.6 Å². The van der Waals surface area contributed by atoms with Gasteiger partial charge >= 0.3 is 0 Å². The molecule has 0 spiro atoms. The van der Waals surface area contributed by atoms with E-state index in [0.29, 0.717) is 24.4 Å². The highest BCUT2D eigenvalue weighted by molar-refractivity contribution is 5.98. The second-order valence-corrected chi connectivity index (χ2v) is 4.92. The molecule has 5 nitrogen and oxygen atoms in total. The molecule has 3 rings (SSSR count). The molecule has 1 heterocycles. The van der Waals surface area contributed by atoms with Crippen molar-refractivity contribution < 1.29 is 14.3 Å². The molecule has 2 aromatic rings. The molecule has 0 bridgehead atoms. The van der Waals surface area contributed by atoms with Crippen molar-refractivity contribution in [1.82, 2.24) is 5.32 Å². The van der Waals surface area contributed by atoms with Gasteiger partial charge in [-0.15, -0.1) is 0 Å². The van der Waals surface area contributed by atoms with Gasteiger partial charge in [-0.1, -0.05) is 30.3 Å². The molecule has 0 radical (unpaired) electrons. The minimum absolute atomic E-state index is 0.0314. The van der Waals surface area contributed by atoms with Gasteiger partial charge in [0.1, 0.15) is 5.75 Å². The van der Waals surface area contributed by atoms with E-state index in [9.17, 15) is 9.59 Å². The smallest absolute Gasteiger partial charge is 0.265 e. The van der Waals surface area contributed by atoms with Gasteiger partial charge in [0.25, 0.3) is 11.8 Å². The zero-order valence-corrected chi connectivity index (χ0v) is 12.0. The van der Waals surface area contributed by atoms with Crippen LogP contribution in [0.4, 0.5) is 5.69 Å². The predicted octanol–water partition coefficient (Wildman–Crippen LogP) is 1.84. The lowest BCUT2D eigenvalue weighted by Crippen LogP contribution is -2.43. The zero-order valence-electron chi connectivity index (χ0n) is 12.0. The number of benzene rings is 2. The summed E-state index contributed by atoms with van der Waals surface area (Å²) in [6.45, 7) is 0.829. The normalized spacial score (nSPS) is 13.3. The minimum Gasteiger partial charge on any atom is -0.482 e. The van der Waals surface area contributed by atoms with Gasteiger partial charge in [0.05, 0.1) is 5.69 Å². The quantitative estimate of drug-likeness (QED) is 0.936. The lowest BCUT2D eigenvalue weighted by atomic mass is 10.2. The summed E-state index contributed by atoms with van der Waals surface area (Å²) in [5.74, 6) is 0.443. The molecular formula is C17H16N2O3. The Hall–Kier alpha value is -2.82. The summed E-state index contributed by atoms with van der Waals surface area (Å²) in [7, 11) is 0. The van der Waals surface area contributed by atoms with E-state index in [-0.39, 0.29) is 18.4 Å². The van der Waals surface area contributed by atoms with Crippen LogP contribution >= 0.6 is 0 Å². The fraction of sp³-hybridized carbons (Fsp3) is 0.176. The molecule has 1 aliphatic rings. The Balaban J connectivity index is 1.62. The Kier molecular flexibility index (Phi) is 4.05. The van der Waals surface area contributed by atoms with Crippen LogP contribution in [-0.4, -0.2) is 31.5 Å². The molecule has 0 unspecified atom stereocenters. The van der Waals surface area contributed by atoms with Crippen LogP contribution in [0.25, 0.3) is 0 Å². The van der Waals surface area contributed by atoms with Crippen LogP contribution in [0.5, 0.6) is 5.75 Å². The Labute approximate surface area is 128 Å². The van der Waals surface area contributed by atoms with Gasteiger partial charge in [-0.25, -0.2) is 0 Å². The first kappa shape index (κ1) is 14.1. The zero-order chi connectivity index (χ0) is 15.4. The maximum atomic E-state index is 12.0. The Morgan fingerprint density at radius 3 is 2.64 bits per heavy atom. The van der Waals surface area contributed by atoms with E-state index in [0.717, 1.165) is 5.69 Å². The van der Waals surface area contributed by atoms with Gasteiger partial charge in [-0.3, -0.25) is 9.59 Å². The molecule has 0 aliphatic carbocycles. The number of carbonyl (C=O) groups is 2. The summed E-state index contributed by atoms with van der Waals surface area (Å²) in [6, 6.07) is 16.4. The van der Waals surface area contributed by atoms with Gasteiger partial charge in [0.15, 0.2) is 6.61 Å². The fourth-order valence-electron chi connectivity index (χ4n) is 2.37. The number of rotatable bonds is 4. The molecule has 0 aromatic heterocycles. The first-order chi connectivity index (χ1) is 10.8. The third kappa shape index (κ3) is 2.93. The maximum Gasteiger partial charge on any atom is 0.265 e. The summed E-state index contributed by atoms with van der Waals surface area (Å²) in [4.78, 5) is 25.6. The number of hydrogen-bond donors (Lipinski definition) is 1. The summed E-state index contributed by atoms with van der Waals surface area (Å²) in [5.41, 5.74) is 1.35. The summed E-state index contributed by atoms with van der Waals surface area (Å²) >= 11 is 0. The number of para-hydroxylation sites is 2. The van der Waals surface area contributed by atoms with E-state index in [1.165, 1.54) is 0 Å².